The zero-order valence-electron chi connectivity index (χ0n) is 20.4. The van der Waals surface area contributed by atoms with Gasteiger partial charge in [0.2, 0.25) is 6.41 Å². The van der Waals surface area contributed by atoms with Gasteiger partial charge in [-0.1, -0.05) is 52.4 Å². The maximum atomic E-state index is 10.8. The van der Waals surface area contributed by atoms with Crippen molar-refractivity contribution in [2.45, 2.75) is 71.8 Å². The van der Waals surface area contributed by atoms with Gasteiger partial charge in [0.05, 0.1) is 6.61 Å². The van der Waals surface area contributed by atoms with E-state index in [0.29, 0.717) is 17.9 Å². The second-order valence-electron chi connectivity index (χ2n) is 8.53. The van der Waals surface area contributed by atoms with Gasteiger partial charge >= 0.3 is 0 Å². The number of carbonyl (C=O) groups is 1. The number of nitrogens with two attached hydrogens (primary N) is 1. The van der Waals surface area contributed by atoms with Gasteiger partial charge in [0.25, 0.3) is 0 Å². The molecule has 3 N–H and O–H groups in total. The summed E-state index contributed by atoms with van der Waals surface area (Å²) in [7, 11) is 1.63. The molecule has 0 aliphatic heterocycles. The van der Waals surface area contributed by atoms with E-state index >= 15 is 0 Å². The van der Waals surface area contributed by atoms with Crippen molar-refractivity contribution in [2.24, 2.45) is 0 Å². The number of rotatable bonds is 13. The van der Waals surface area contributed by atoms with E-state index < -0.39 is 0 Å². The number of anilines is 1. The number of methoxy groups -OCH3 is 1. The highest BCUT2D eigenvalue weighted by Gasteiger charge is 2.10. The second kappa shape index (κ2) is 14.4. The molecule has 3 rings (SSSR count). The summed E-state index contributed by atoms with van der Waals surface area (Å²) in [5.74, 6) is 0.218. The minimum atomic E-state index is 0.218. The first kappa shape index (κ1) is 26.5. The molecule has 1 aromatic heterocycles. The van der Waals surface area contributed by atoms with Gasteiger partial charge in [-0.05, 0) is 37.1 Å². The molecule has 0 saturated heterocycles. The van der Waals surface area contributed by atoms with Crippen LogP contribution in [0.5, 0.6) is 5.75 Å². The van der Waals surface area contributed by atoms with Crippen LogP contribution >= 0.6 is 0 Å². The maximum absolute atomic E-state index is 10.8. The molecule has 0 fully saturated rings. The topological polar surface area (TPSA) is 88.9 Å². The van der Waals surface area contributed by atoms with Gasteiger partial charge in [-0.15, -0.1) is 0 Å². The number of phenolic OH excluding ortho intramolecular Hbond substituents is 1. The maximum Gasteiger partial charge on any atom is 0.209 e. The van der Waals surface area contributed by atoms with E-state index in [1.807, 2.05) is 11.0 Å². The van der Waals surface area contributed by atoms with Gasteiger partial charge in [-0.3, -0.25) is 4.79 Å². The van der Waals surface area contributed by atoms with Crippen molar-refractivity contribution in [1.82, 2.24) is 4.90 Å². The Morgan fingerprint density at radius 2 is 1.58 bits per heavy atom. The molecule has 3 aromatic rings. The molecule has 0 aliphatic rings. The molecule has 0 saturated carbocycles. The number of aromatic hydroxyl groups is 1. The Morgan fingerprint density at radius 1 is 0.939 bits per heavy atom. The smallest absolute Gasteiger partial charge is 0.209 e. The predicted octanol–water partition coefficient (Wildman–Crippen LogP) is 6.63. The van der Waals surface area contributed by atoms with Gasteiger partial charge in [0, 0.05) is 48.3 Å². The number of hydrogen-bond donors (Lipinski definition) is 2. The lowest BCUT2D eigenvalue weighted by atomic mass is 10.1. The van der Waals surface area contributed by atoms with Gasteiger partial charge in [-0.2, -0.15) is 0 Å². The number of amides is 1. The molecular weight excluding hydrogens is 416 g/mol. The van der Waals surface area contributed by atoms with E-state index in [0.717, 1.165) is 41.4 Å². The molecule has 6 heteroatoms. The Labute approximate surface area is 197 Å². The fraction of sp³-hybridized carbons (Fsp3) is 0.519. The number of unbranched alkanes of at least 4 members (excludes halogenated alkanes) is 6. The van der Waals surface area contributed by atoms with Crippen LogP contribution in [-0.2, 0) is 16.1 Å². The number of furan rings is 1. The average Bonchev–Trinajstić information content (AvgIpc) is 3.15. The molecule has 0 atom stereocenters. The molecule has 182 valence electrons. The van der Waals surface area contributed by atoms with Crippen molar-refractivity contribution in [1.29, 1.82) is 0 Å². The number of benzene rings is 2. The van der Waals surface area contributed by atoms with Crippen molar-refractivity contribution in [3.63, 3.8) is 0 Å². The monoisotopic (exact) mass is 456 g/mol. The van der Waals surface area contributed by atoms with Crippen LogP contribution in [0.1, 0.15) is 70.8 Å². The van der Waals surface area contributed by atoms with Crippen LogP contribution in [0, 0.1) is 0 Å². The van der Waals surface area contributed by atoms with Crippen molar-refractivity contribution in [3.05, 3.63) is 35.9 Å². The summed E-state index contributed by atoms with van der Waals surface area (Å²) in [6.45, 7) is 6.78. The first-order valence-electron chi connectivity index (χ1n) is 12.2. The van der Waals surface area contributed by atoms with E-state index in [-0.39, 0.29) is 5.75 Å². The summed E-state index contributed by atoms with van der Waals surface area (Å²) in [6.07, 6.45) is 11.0. The van der Waals surface area contributed by atoms with Crippen LogP contribution in [0.15, 0.2) is 34.7 Å². The lowest BCUT2D eigenvalue weighted by molar-refractivity contribution is -0.118. The molecule has 0 radical (unpaired) electrons. The van der Waals surface area contributed by atoms with Crippen LogP contribution in [0.4, 0.5) is 5.69 Å². The van der Waals surface area contributed by atoms with Crippen LogP contribution in [0.3, 0.4) is 0 Å². The van der Waals surface area contributed by atoms with E-state index in [4.69, 9.17) is 14.9 Å². The third-order valence-electron chi connectivity index (χ3n) is 5.76. The number of carbonyl (C=O) groups excluding carboxylic acids is 1. The van der Waals surface area contributed by atoms with E-state index in [2.05, 4.69) is 13.8 Å². The molecule has 0 spiro atoms. The number of fused-ring (bicyclic) bond motifs is 3. The normalized spacial score (nSPS) is 10.9. The zero-order chi connectivity index (χ0) is 24.1. The summed E-state index contributed by atoms with van der Waals surface area (Å²) in [5.41, 5.74) is 8.94. The summed E-state index contributed by atoms with van der Waals surface area (Å²) in [6, 6.07) is 8.77. The Hall–Kier alpha value is -2.73. The van der Waals surface area contributed by atoms with Crippen LogP contribution in [0.2, 0.25) is 0 Å². The molecule has 6 nitrogen and oxygen atoms in total. The molecule has 33 heavy (non-hydrogen) atoms. The third kappa shape index (κ3) is 8.28. The lowest BCUT2D eigenvalue weighted by Crippen LogP contribution is -2.24. The van der Waals surface area contributed by atoms with Gasteiger partial charge in [0.1, 0.15) is 16.9 Å². The lowest BCUT2D eigenvalue weighted by Gasteiger charge is -2.16. The van der Waals surface area contributed by atoms with E-state index in [9.17, 15) is 9.90 Å². The number of nitrogens with zero attached hydrogens (tertiary/aromatic N) is 1. The molecule has 0 aliphatic carbocycles. The fourth-order valence-corrected chi connectivity index (χ4v) is 3.85. The SMILES string of the molecule is CCCCCCN(C=O)CCCCCC.COCc1cc2c(cc1N)oc1ccc(O)cc12. The Kier molecular flexibility index (Phi) is 11.6. The predicted molar refractivity (Wildman–Crippen MR) is 136 cm³/mol. The van der Waals surface area contributed by atoms with Gasteiger partial charge < -0.3 is 24.9 Å². The highest BCUT2D eigenvalue weighted by Crippen LogP contribution is 2.33. The Balaban J connectivity index is 0.000000239. The summed E-state index contributed by atoms with van der Waals surface area (Å²) in [5, 5.41) is 11.4. The molecular formula is C27H40N2O4. The largest absolute Gasteiger partial charge is 0.508 e. The number of hydrogen-bond acceptors (Lipinski definition) is 5. The second-order valence-corrected chi connectivity index (χ2v) is 8.53. The van der Waals surface area contributed by atoms with E-state index in [1.165, 1.54) is 51.4 Å². The Bertz CT molecular complexity index is 971. The minimum Gasteiger partial charge on any atom is -0.508 e. The summed E-state index contributed by atoms with van der Waals surface area (Å²) in [4.78, 5) is 12.7. The van der Waals surface area contributed by atoms with Crippen molar-refractivity contribution in [3.8, 4) is 5.75 Å². The van der Waals surface area contributed by atoms with E-state index in [1.54, 1.807) is 31.4 Å². The van der Waals surface area contributed by atoms with Gasteiger partial charge in [0.15, 0.2) is 0 Å². The van der Waals surface area contributed by atoms with Crippen molar-refractivity contribution < 1.29 is 19.1 Å². The number of phenols is 1. The first-order chi connectivity index (χ1) is 16.0. The van der Waals surface area contributed by atoms with Crippen LogP contribution < -0.4 is 5.73 Å². The minimum absolute atomic E-state index is 0.218. The molecule has 2 aromatic carbocycles. The molecule has 0 unspecified atom stereocenters. The molecule has 1 amide bonds. The van der Waals surface area contributed by atoms with Crippen molar-refractivity contribution >= 4 is 34.0 Å². The number of nitrogen functional groups attached to an aromatic ring is 1. The van der Waals surface area contributed by atoms with Gasteiger partial charge in [-0.25, -0.2) is 0 Å². The van der Waals surface area contributed by atoms with Crippen LogP contribution in [0.25, 0.3) is 21.9 Å². The quantitative estimate of drug-likeness (QED) is 0.171. The van der Waals surface area contributed by atoms with Crippen molar-refractivity contribution in [2.75, 3.05) is 25.9 Å². The standard InChI is InChI=1S/C14H13NO3.C13H27NO/c1-17-7-8-4-10-11-5-9(16)2-3-13(11)18-14(10)6-12(8)15;1-3-5-7-9-11-14(13-15)12-10-8-6-4-2/h2-6,16H,7,15H2,1H3;13H,3-12H2,1-2H3. The highest BCUT2D eigenvalue weighted by molar-refractivity contribution is 6.06. The summed E-state index contributed by atoms with van der Waals surface area (Å²) >= 11 is 0. The fourth-order valence-electron chi connectivity index (χ4n) is 3.85. The zero-order valence-corrected chi connectivity index (χ0v) is 20.4. The molecule has 1 heterocycles. The number of ether oxygens (including phenoxy) is 1. The van der Waals surface area contributed by atoms with Crippen LogP contribution in [-0.4, -0.2) is 36.6 Å². The Morgan fingerprint density at radius 3 is 2.15 bits per heavy atom. The average molecular weight is 457 g/mol. The first-order valence-corrected chi connectivity index (χ1v) is 12.2. The highest BCUT2D eigenvalue weighted by atomic mass is 16.5. The summed E-state index contributed by atoms with van der Waals surface area (Å²) < 4.78 is 10.8. The third-order valence-corrected chi connectivity index (χ3v) is 5.76. The molecule has 0 bridgehead atoms.